The second-order valence-corrected chi connectivity index (χ2v) is 6.20. The second-order valence-electron chi connectivity index (χ2n) is 2.30. The highest BCUT2D eigenvalue weighted by molar-refractivity contribution is 9.25. The molecule has 1 aliphatic heterocycles. The highest BCUT2D eigenvalue weighted by Crippen LogP contribution is 2.39. The Morgan fingerprint density at radius 3 is 2.70 bits per heavy atom. The van der Waals surface area contributed by atoms with E-state index < -0.39 is 0 Å². The average Bonchev–Trinajstić information content (AvgIpc) is 1.87. The minimum Gasteiger partial charge on any atom is -0.354 e. The summed E-state index contributed by atoms with van der Waals surface area (Å²) in [4.78, 5) is 0. The molecule has 0 aliphatic carbocycles. The molecule has 1 rings (SSSR count). The van der Waals surface area contributed by atoms with Crippen LogP contribution in [0.15, 0.2) is 0 Å². The Morgan fingerprint density at radius 2 is 2.30 bits per heavy atom. The zero-order valence-electron chi connectivity index (χ0n) is 5.77. The summed E-state index contributed by atoms with van der Waals surface area (Å²) >= 11 is 6.97. The van der Waals surface area contributed by atoms with Crippen LogP contribution >= 0.6 is 31.9 Å². The van der Waals surface area contributed by atoms with E-state index in [0.29, 0.717) is 0 Å². The molecule has 0 amide bonds. The number of hydrogen-bond acceptors (Lipinski definition) is 2. The summed E-state index contributed by atoms with van der Waals surface area (Å²) in [5.74, 6) is 0. The Kier molecular flexibility index (Phi) is 3.16. The highest BCUT2D eigenvalue weighted by Gasteiger charge is 2.37. The molecular formula is C6H10Br2O2. The van der Waals surface area contributed by atoms with Gasteiger partial charge in [-0.3, -0.25) is 0 Å². The van der Waals surface area contributed by atoms with Crippen LogP contribution in [0.2, 0.25) is 0 Å². The average molecular weight is 274 g/mol. The van der Waals surface area contributed by atoms with Crippen molar-refractivity contribution >= 4 is 31.9 Å². The topological polar surface area (TPSA) is 18.5 Å². The number of halogens is 2. The van der Waals surface area contributed by atoms with Crippen molar-refractivity contribution in [1.82, 2.24) is 0 Å². The summed E-state index contributed by atoms with van der Waals surface area (Å²) < 4.78 is 10.2. The van der Waals surface area contributed by atoms with Crippen LogP contribution in [0, 0.1) is 0 Å². The lowest BCUT2D eigenvalue weighted by Crippen LogP contribution is -2.38. The molecule has 0 saturated carbocycles. The van der Waals surface area contributed by atoms with Crippen LogP contribution in [-0.2, 0) is 9.47 Å². The van der Waals surface area contributed by atoms with Gasteiger partial charge in [0.25, 0.3) is 0 Å². The van der Waals surface area contributed by atoms with E-state index in [0.717, 1.165) is 19.4 Å². The molecule has 60 valence electrons. The molecule has 1 atom stereocenters. The number of methoxy groups -OCH3 is 1. The number of ether oxygens (including phenoxy) is 2. The van der Waals surface area contributed by atoms with Gasteiger partial charge in [0.1, 0.15) is 3.23 Å². The third kappa shape index (κ3) is 1.94. The van der Waals surface area contributed by atoms with Crippen LogP contribution in [0.5, 0.6) is 0 Å². The molecule has 0 bridgehead atoms. The van der Waals surface area contributed by atoms with Gasteiger partial charge in [0.15, 0.2) is 6.29 Å². The fourth-order valence-corrected chi connectivity index (χ4v) is 2.18. The Balaban J connectivity index is 2.51. The van der Waals surface area contributed by atoms with Crippen molar-refractivity contribution in [2.75, 3.05) is 13.7 Å². The molecule has 1 saturated heterocycles. The lowest BCUT2D eigenvalue weighted by atomic mass is 10.2. The first-order chi connectivity index (χ1) is 4.67. The monoisotopic (exact) mass is 272 g/mol. The van der Waals surface area contributed by atoms with E-state index in [1.54, 1.807) is 7.11 Å². The van der Waals surface area contributed by atoms with Crippen molar-refractivity contribution in [1.29, 1.82) is 0 Å². The second kappa shape index (κ2) is 3.52. The normalized spacial score (nSPS) is 32.1. The summed E-state index contributed by atoms with van der Waals surface area (Å²) in [5, 5.41) is 0. The first-order valence-electron chi connectivity index (χ1n) is 3.19. The molecule has 0 aromatic heterocycles. The molecule has 0 radical (unpaired) electrons. The van der Waals surface area contributed by atoms with Crippen LogP contribution in [-0.4, -0.2) is 23.2 Å². The molecule has 0 aromatic rings. The Labute approximate surface area is 77.5 Å². The van der Waals surface area contributed by atoms with Crippen molar-refractivity contribution in [3.05, 3.63) is 0 Å². The maximum Gasteiger partial charge on any atom is 0.182 e. The largest absolute Gasteiger partial charge is 0.354 e. The summed E-state index contributed by atoms with van der Waals surface area (Å²) in [6, 6.07) is 0. The lowest BCUT2D eigenvalue weighted by molar-refractivity contribution is -0.144. The SMILES string of the molecule is COC1OCCCC1(Br)Br. The van der Waals surface area contributed by atoms with Crippen molar-refractivity contribution < 1.29 is 9.47 Å². The van der Waals surface area contributed by atoms with Gasteiger partial charge >= 0.3 is 0 Å². The molecule has 0 N–H and O–H groups in total. The summed E-state index contributed by atoms with van der Waals surface area (Å²) in [6.07, 6.45) is 1.93. The summed E-state index contributed by atoms with van der Waals surface area (Å²) in [7, 11) is 1.65. The van der Waals surface area contributed by atoms with Crippen molar-refractivity contribution in [3.63, 3.8) is 0 Å². The predicted octanol–water partition coefficient (Wildman–Crippen LogP) is 2.26. The molecule has 1 aliphatic rings. The van der Waals surface area contributed by atoms with Gasteiger partial charge in [0.05, 0.1) is 0 Å². The molecule has 0 aromatic carbocycles. The smallest absolute Gasteiger partial charge is 0.182 e. The third-order valence-electron chi connectivity index (χ3n) is 1.48. The first-order valence-corrected chi connectivity index (χ1v) is 4.77. The minimum atomic E-state index is -0.174. The van der Waals surface area contributed by atoms with Crippen LogP contribution in [0.3, 0.4) is 0 Å². The standard InChI is InChI=1S/C6H10Br2O2/c1-9-5-6(7,8)3-2-4-10-5/h5H,2-4H2,1H3. The fraction of sp³-hybridized carbons (Fsp3) is 1.00. The number of rotatable bonds is 1. The van der Waals surface area contributed by atoms with Crippen LogP contribution in [0.1, 0.15) is 12.8 Å². The molecule has 1 heterocycles. The van der Waals surface area contributed by atoms with Gasteiger partial charge in [0.2, 0.25) is 0 Å². The van der Waals surface area contributed by atoms with Gasteiger partial charge in [-0.15, -0.1) is 0 Å². The van der Waals surface area contributed by atoms with Gasteiger partial charge in [0, 0.05) is 13.7 Å². The van der Waals surface area contributed by atoms with Crippen LogP contribution in [0.25, 0.3) is 0 Å². The first kappa shape index (κ1) is 8.97. The lowest BCUT2D eigenvalue weighted by Gasteiger charge is -2.33. The van der Waals surface area contributed by atoms with Gasteiger partial charge in [-0.1, -0.05) is 31.9 Å². The molecule has 1 fully saturated rings. The van der Waals surface area contributed by atoms with E-state index >= 15 is 0 Å². The number of alkyl halides is 2. The van der Waals surface area contributed by atoms with Crippen LogP contribution in [0.4, 0.5) is 0 Å². The zero-order chi connectivity index (χ0) is 7.61. The molecule has 4 heteroatoms. The molecule has 1 unspecified atom stereocenters. The molecular weight excluding hydrogens is 264 g/mol. The Morgan fingerprint density at radius 1 is 1.60 bits per heavy atom. The van der Waals surface area contributed by atoms with Gasteiger partial charge in [-0.05, 0) is 12.8 Å². The Bertz CT molecular complexity index is 116. The highest BCUT2D eigenvalue weighted by atomic mass is 79.9. The number of hydrogen-bond donors (Lipinski definition) is 0. The van der Waals surface area contributed by atoms with Gasteiger partial charge in [-0.2, -0.15) is 0 Å². The van der Waals surface area contributed by atoms with E-state index in [1.807, 2.05) is 0 Å². The molecule has 0 spiro atoms. The molecule has 2 nitrogen and oxygen atoms in total. The zero-order valence-corrected chi connectivity index (χ0v) is 8.94. The van der Waals surface area contributed by atoms with Crippen molar-refractivity contribution in [3.8, 4) is 0 Å². The maximum absolute atomic E-state index is 5.33. The van der Waals surface area contributed by atoms with Crippen molar-refractivity contribution in [2.24, 2.45) is 0 Å². The van der Waals surface area contributed by atoms with Crippen LogP contribution < -0.4 is 0 Å². The molecule has 10 heavy (non-hydrogen) atoms. The van der Waals surface area contributed by atoms with E-state index in [4.69, 9.17) is 9.47 Å². The quantitative estimate of drug-likeness (QED) is 0.683. The Hall–Kier alpha value is 0.880. The fourth-order valence-electron chi connectivity index (χ4n) is 0.978. The van der Waals surface area contributed by atoms with Gasteiger partial charge < -0.3 is 9.47 Å². The maximum atomic E-state index is 5.33. The predicted molar refractivity (Wildman–Crippen MR) is 46.6 cm³/mol. The summed E-state index contributed by atoms with van der Waals surface area (Å²) in [6.45, 7) is 0.789. The van der Waals surface area contributed by atoms with E-state index in [2.05, 4.69) is 31.9 Å². The third-order valence-corrected chi connectivity index (χ3v) is 3.02. The van der Waals surface area contributed by atoms with E-state index in [1.165, 1.54) is 0 Å². The van der Waals surface area contributed by atoms with Crippen molar-refractivity contribution in [2.45, 2.75) is 22.4 Å². The summed E-state index contributed by atoms with van der Waals surface area (Å²) in [5.41, 5.74) is 0. The van der Waals surface area contributed by atoms with Gasteiger partial charge in [-0.25, -0.2) is 0 Å². The minimum absolute atomic E-state index is 0.166. The van der Waals surface area contributed by atoms with E-state index in [9.17, 15) is 0 Å². The van der Waals surface area contributed by atoms with E-state index in [-0.39, 0.29) is 9.52 Å².